The maximum Gasteiger partial charge on any atom is 0.248 e. The summed E-state index contributed by atoms with van der Waals surface area (Å²) in [7, 11) is 1.82. The van der Waals surface area contributed by atoms with E-state index >= 15 is 0 Å². The van der Waals surface area contributed by atoms with Crippen molar-refractivity contribution in [3.05, 3.63) is 54.9 Å². The van der Waals surface area contributed by atoms with Gasteiger partial charge in [-0.15, -0.1) is 0 Å². The average molecular weight is 440 g/mol. The number of anilines is 1. The van der Waals surface area contributed by atoms with E-state index in [1.54, 1.807) is 30.0 Å². The highest BCUT2D eigenvalue weighted by Gasteiger charge is 2.45. The number of carbonyl (C=O) groups excluding carboxylic acids is 2. The number of piperazine rings is 1. The molecule has 3 atom stereocenters. The smallest absolute Gasteiger partial charge is 0.248 e. The van der Waals surface area contributed by atoms with Gasteiger partial charge in [0, 0.05) is 44.6 Å². The number of aromatic nitrogens is 1. The van der Waals surface area contributed by atoms with Crippen LogP contribution in [-0.4, -0.2) is 83.7 Å². The number of hydrogen-bond acceptors (Lipinski definition) is 7. The molecule has 2 aromatic rings. The van der Waals surface area contributed by atoms with E-state index in [-0.39, 0.29) is 12.0 Å². The van der Waals surface area contributed by atoms with Crippen LogP contribution < -0.4 is 15.1 Å². The molecular weight excluding hydrogens is 410 g/mol. The number of hydroxylamine groups is 1. The SMILES string of the molecule is CN1CC(Oc2cccnc2)CC(C(=O)NO)C1C(=O)N1CCN(c2ccccc2)CC1. The van der Waals surface area contributed by atoms with E-state index in [9.17, 15) is 14.8 Å². The number of hydrogen-bond donors (Lipinski definition) is 2. The number of carbonyl (C=O) groups is 2. The van der Waals surface area contributed by atoms with E-state index in [0.717, 1.165) is 18.8 Å². The van der Waals surface area contributed by atoms with E-state index in [2.05, 4.69) is 22.0 Å². The Morgan fingerprint density at radius 3 is 2.50 bits per heavy atom. The van der Waals surface area contributed by atoms with Gasteiger partial charge < -0.3 is 14.5 Å². The number of ether oxygens (including phenoxy) is 1. The lowest BCUT2D eigenvalue weighted by molar-refractivity contribution is -0.151. The number of benzene rings is 1. The molecule has 4 rings (SSSR count). The summed E-state index contributed by atoms with van der Waals surface area (Å²) in [5.41, 5.74) is 2.88. The second-order valence-electron chi connectivity index (χ2n) is 8.28. The molecule has 3 heterocycles. The van der Waals surface area contributed by atoms with Crippen molar-refractivity contribution in [2.24, 2.45) is 5.92 Å². The minimum absolute atomic E-state index is 0.0892. The predicted molar refractivity (Wildman–Crippen MR) is 118 cm³/mol. The summed E-state index contributed by atoms with van der Waals surface area (Å²) < 4.78 is 5.99. The number of likely N-dealkylation sites (N-methyl/N-ethyl adjacent to an activating group) is 1. The molecule has 0 spiro atoms. The number of likely N-dealkylation sites (tertiary alicyclic amines) is 1. The Balaban J connectivity index is 1.43. The normalized spacial score (nSPS) is 24.1. The van der Waals surface area contributed by atoms with Gasteiger partial charge in [0.2, 0.25) is 11.8 Å². The van der Waals surface area contributed by atoms with Crippen LogP contribution in [0.1, 0.15) is 6.42 Å². The van der Waals surface area contributed by atoms with Crippen molar-refractivity contribution in [1.29, 1.82) is 0 Å². The molecule has 2 amide bonds. The Bertz CT molecular complexity index is 905. The van der Waals surface area contributed by atoms with Gasteiger partial charge in [0.05, 0.1) is 12.1 Å². The fourth-order valence-electron chi connectivity index (χ4n) is 4.63. The van der Waals surface area contributed by atoms with E-state index in [0.29, 0.717) is 31.8 Å². The lowest BCUT2D eigenvalue weighted by Gasteiger charge is -2.44. The number of amides is 2. The first-order valence-corrected chi connectivity index (χ1v) is 10.9. The third-order valence-corrected chi connectivity index (χ3v) is 6.21. The molecule has 3 unspecified atom stereocenters. The first-order valence-electron chi connectivity index (χ1n) is 10.9. The highest BCUT2D eigenvalue weighted by atomic mass is 16.5. The summed E-state index contributed by atoms with van der Waals surface area (Å²) in [6, 6.07) is 13.1. The van der Waals surface area contributed by atoms with Gasteiger partial charge in [0.1, 0.15) is 17.9 Å². The van der Waals surface area contributed by atoms with Crippen LogP contribution in [-0.2, 0) is 9.59 Å². The maximum absolute atomic E-state index is 13.5. The number of nitrogens with zero attached hydrogens (tertiary/aromatic N) is 4. The summed E-state index contributed by atoms with van der Waals surface area (Å²) >= 11 is 0. The van der Waals surface area contributed by atoms with Gasteiger partial charge >= 0.3 is 0 Å². The van der Waals surface area contributed by atoms with Gasteiger partial charge in [-0.25, -0.2) is 5.48 Å². The molecule has 1 aromatic heterocycles. The zero-order valence-electron chi connectivity index (χ0n) is 18.1. The molecule has 2 saturated heterocycles. The van der Waals surface area contributed by atoms with Gasteiger partial charge in [-0.3, -0.25) is 24.7 Å². The molecular formula is C23H29N5O4. The van der Waals surface area contributed by atoms with Crippen molar-refractivity contribution in [3.63, 3.8) is 0 Å². The fourth-order valence-corrected chi connectivity index (χ4v) is 4.63. The van der Waals surface area contributed by atoms with Crippen LogP contribution in [0.5, 0.6) is 5.75 Å². The number of rotatable bonds is 5. The molecule has 170 valence electrons. The van der Waals surface area contributed by atoms with Crippen LogP contribution in [0, 0.1) is 5.92 Å². The van der Waals surface area contributed by atoms with Gasteiger partial charge in [0.25, 0.3) is 0 Å². The lowest BCUT2D eigenvalue weighted by Crippen LogP contribution is -2.62. The average Bonchev–Trinajstić information content (AvgIpc) is 2.84. The maximum atomic E-state index is 13.5. The number of para-hydroxylation sites is 1. The van der Waals surface area contributed by atoms with Gasteiger partial charge in [-0.2, -0.15) is 0 Å². The Kier molecular flexibility index (Phi) is 6.87. The van der Waals surface area contributed by atoms with Gasteiger partial charge in [0.15, 0.2) is 0 Å². The second kappa shape index (κ2) is 9.97. The minimum Gasteiger partial charge on any atom is -0.487 e. The molecule has 0 radical (unpaired) electrons. The van der Waals surface area contributed by atoms with Crippen molar-refractivity contribution >= 4 is 17.5 Å². The summed E-state index contributed by atoms with van der Waals surface area (Å²) in [6.45, 7) is 3.12. The van der Waals surface area contributed by atoms with Crippen LogP contribution in [0.15, 0.2) is 54.9 Å². The first-order chi connectivity index (χ1) is 15.6. The van der Waals surface area contributed by atoms with Crippen LogP contribution >= 0.6 is 0 Å². The number of pyridine rings is 1. The van der Waals surface area contributed by atoms with Crippen molar-refractivity contribution in [2.75, 3.05) is 44.7 Å². The fraction of sp³-hybridized carbons (Fsp3) is 0.435. The van der Waals surface area contributed by atoms with E-state index in [4.69, 9.17) is 4.74 Å². The molecule has 1 aromatic carbocycles. The molecule has 32 heavy (non-hydrogen) atoms. The van der Waals surface area contributed by atoms with Gasteiger partial charge in [-0.1, -0.05) is 18.2 Å². The van der Waals surface area contributed by atoms with E-state index < -0.39 is 17.9 Å². The summed E-state index contributed by atoms with van der Waals surface area (Å²) in [6.07, 6.45) is 3.30. The summed E-state index contributed by atoms with van der Waals surface area (Å²) in [5.74, 6) is -0.776. The zero-order chi connectivity index (χ0) is 22.5. The van der Waals surface area contributed by atoms with Crippen LogP contribution in [0.25, 0.3) is 0 Å². The van der Waals surface area contributed by atoms with Crippen LogP contribution in [0.4, 0.5) is 5.69 Å². The molecule has 0 bridgehead atoms. The van der Waals surface area contributed by atoms with Gasteiger partial charge in [-0.05, 0) is 37.7 Å². The first kappa shape index (κ1) is 22.0. The lowest BCUT2D eigenvalue weighted by atomic mass is 9.86. The molecule has 0 saturated carbocycles. The predicted octanol–water partition coefficient (Wildman–Crippen LogP) is 1.00. The monoisotopic (exact) mass is 439 g/mol. The van der Waals surface area contributed by atoms with Crippen LogP contribution in [0.2, 0.25) is 0 Å². The summed E-state index contributed by atoms with van der Waals surface area (Å²) in [5, 5.41) is 9.32. The van der Waals surface area contributed by atoms with E-state index in [1.165, 1.54) is 0 Å². The highest BCUT2D eigenvalue weighted by molar-refractivity contribution is 5.90. The Hall–Kier alpha value is -3.17. The third-order valence-electron chi connectivity index (χ3n) is 6.21. The zero-order valence-corrected chi connectivity index (χ0v) is 18.1. The quantitative estimate of drug-likeness (QED) is 0.530. The minimum atomic E-state index is -0.722. The third kappa shape index (κ3) is 4.84. The molecule has 2 fully saturated rings. The van der Waals surface area contributed by atoms with E-state index in [1.807, 2.05) is 35.0 Å². The Labute approximate surface area is 187 Å². The number of piperidine rings is 1. The molecule has 2 aliphatic rings. The van der Waals surface area contributed by atoms with Crippen molar-refractivity contribution in [1.82, 2.24) is 20.3 Å². The molecule has 2 N–H and O–H groups in total. The largest absolute Gasteiger partial charge is 0.487 e. The highest BCUT2D eigenvalue weighted by Crippen LogP contribution is 2.28. The topological polar surface area (TPSA) is 98.2 Å². The second-order valence-corrected chi connectivity index (χ2v) is 8.28. The van der Waals surface area contributed by atoms with Crippen LogP contribution in [0.3, 0.4) is 0 Å². The molecule has 0 aliphatic carbocycles. The van der Waals surface area contributed by atoms with Crippen molar-refractivity contribution in [3.8, 4) is 5.75 Å². The molecule has 2 aliphatic heterocycles. The Morgan fingerprint density at radius 1 is 1.09 bits per heavy atom. The van der Waals surface area contributed by atoms with Crippen molar-refractivity contribution in [2.45, 2.75) is 18.6 Å². The molecule has 9 nitrogen and oxygen atoms in total. The number of nitrogens with one attached hydrogen (secondary N) is 1. The van der Waals surface area contributed by atoms with Crippen molar-refractivity contribution < 1.29 is 19.5 Å². The Morgan fingerprint density at radius 2 is 1.84 bits per heavy atom. The summed E-state index contributed by atoms with van der Waals surface area (Å²) in [4.78, 5) is 35.9. The molecule has 9 heteroatoms. The standard InChI is InChI=1S/C23H29N5O4/c1-26-16-19(32-18-8-5-9-24-15-18)14-20(22(29)25-31)21(26)23(30)28-12-10-27(11-13-28)17-6-3-2-4-7-17/h2-9,15,19-21,31H,10-14,16H2,1H3,(H,25,29).